The Morgan fingerprint density at radius 2 is 1.86 bits per heavy atom. The van der Waals surface area contributed by atoms with Gasteiger partial charge < -0.3 is 15.2 Å². The van der Waals surface area contributed by atoms with Crippen molar-refractivity contribution in [3.05, 3.63) is 35.4 Å². The molecule has 0 radical (unpaired) electrons. The normalized spacial score (nSPS) is 11.4. The Morgan fingerprint density at radius 1 is 1.23 bits per heavy atom. The summed E-state index contributed by atoms with van der Waals surface area (Å²) in [4.78, 5) is 34.6. The summed E-state index contributed by atoms with van der Waals surface area (Å²) in [7, 11) is 0. The van der Waals surface area contributed by atoms with Crippen LogP contribution in [0.5, 0.6) is 0 Å². The van der Waals surface area contributed by atoms with Gasteiger partial charge in [0.05, 0.1) is 12.2 Å². The summed E-state index contributed by atoms with van der Waals surface area (Å²) in [5.74, 6) is -1.39. The predicted molar refractivity (Wildman–Crippen MR) is 79.1 cm³/mol. The van der Waals surface area contributed by atoms with Gasteiger partial charge in [0.25, 0.3) is 5.91 Å². The van der Waals surface area contributed by atoms with Crippen LogP contribution in [0, 0.1) is 0 Å². The smallest absolute Gasteiger partial charge is 0.338 e. The Balaban J connectivity index is 2.39. The molecule has 0 unspecified atom stereocenters. The van der Waals surface area contributed by atoms with Crippen molar-refractivity contribution in [2.45, 2.75) is 32.9 Å². The minimum absolute atomic E-state index is 0.0552. The fraction of sp³-hybridized carbons (Fsp3) is 0.400. The highest BCUT2D eigenvalue weighted by Crippen LogP contribution is 2.05. The number of imide groups is 1. The quantitative estimate of drug-likeness (QED) is 0.679. The number of ether oxygens (including phenoxy) is 1. The van der Waals surface area contributed by atoms with E-state index in [9.17, 15) is 14.4 Å². The fourth-order valence-corrected chi connectivity index (χ4v) is 1.49. The number of hydrogen-bond donors (Lipinski definition) is 3. The second-order valence-electron chi connectivity index (χ2n) is 4.76. The first-order chi connectivity index (χ1) is 10.5. The summed E-state index contributed by atoms with van der Waals surface area (Å²) >= 11 is 0. The van der Waals surface area contributed by atoms with E-state index in [0.717, 1.165) is 6.42 Å². The highest BCUT2D eigenvalue weighted by molar-refractivity contribution is 5.97. The van der Waals surface area contributed by atoms with E-state index in [1.165, 1.54) is 12.1 Å². The lowest BCUT2D eigenvalue weighted by molar-refractivity contribution is -0.123. The van der Waals surface area contributed by atoms with Crippen LogP contribution >= 0.6 is 0 Å². The van der Waals surface area contributed by atoms with E-state index >= 15 is 0 Å². The molecule has 1 rings (SSSR count). The van der Waals surface area contributed by atoms with E-state index in [-0.39, 0.29) is 18.2 Å². The lowest BCUT2D eigenvalue weighted by atomic mass is 10.1. The predicted octanol–water partition coefficient (Wildman–Crippen LogP) is 0.960. The zero-order chi connectivity index (χ0) is 16.5. The van der Waals surface area contributed by atoms with Gasteiger partial charge in [-0.2, -0.15) is 0 Å². The van der Waals surface area contributed by atoms with Gasteiger partial charge in [0.2, 0.25) is 0 Å². The average Bonchev–Trinajstić information content (AvgIpc) is 2.52. The Morgan fingerprint density at radius 3 is 2.41 bits per heavy atom. The SMILES string of the molecule is CC[C@H](C)NC(=O)NC(=O)COC(=O)c1ccc(CO)cc1. The largest absolute Gasteiger partial charge is 0.452 e. The molecule has 0 heterocycles. The van der Waals surface area contributed by atoms with Crippen LogP contribution in [-0.4, -0.2) is 35.7 Å². The molecule has 1 aromatic rings. The first-order valence-electron chi connectivity index (χ1n) is 6.93. The van der Waals surface area contributed by atoms with Crippen LogP contribution in [0.3, 0.4) is 0 Å². The van der Waals surface area contributed by atoms with Crippen LogP contribution in [0.1, 0.15) is 36.2 Å². The van der Waals surface area contributed by atoms with E-state index < -0.39 is 24.5 Å². The van der Waals surface area contributed by atoms with Gasteiger partial charge in [-0.3, -0.25) is 10.1 Å². The minimum Gasteiger partial charge on any atom is -0.452 e. The summed E-state index contributed by atoms with van der Waals surface area (Å²) < 4.78 is 4.80. The minimum atomic E-state index is -0.707. The maximum absolute atomic E-state index is 11.7. The van der Waals surface area contributed by atoms with Crippen LogP contribution in [0.25, 0.3) is 0 Å². The molecule has 0 aliphatic carbocycles. The summed E-state index contributed by atoms with van der Waals surface area (Å²) in [6.45, 7) is 3.04. The molecule has 120 valence electrons. The molecule has 0 aliphatic heterocycles. The van der Waals surface area contributed by atoms with Gasteiger partial charge in [-0.05, 0) is 31.0 Å². The summed E-state index contributed by atoms with van der Waals surface area (Å²) in [6, 6.07) is 5.46. The van der Waals surface area contributed by atoms with Crippen molar-refractivity contribution >= 4 is 17.9 Å². The van der Waals surface area contributed by atoms with Gasteiger partial charge in [-0.25, -0.2) is 9.59 Å². The molecule has 7 heteroatoms. The second-order valence-corrected chi connectivity index (χ2v) is 4.76. The Kier molecular flexibility index (Phi) is 7.04. The number of aliphatic hydroxyl groups is 1. The van der Waals surface area contributed by atoms with Crippen LogP contribution in [-0.2, 0) is 16.1 Å². The van der Waals surface area contributed by atoms with Gasteiger partial charge in [-0.1, -0.05) is 19.1 Å². The molecule has 22 heavy (non-hydrogen) atoms. The van der Waals surface area contributed by atoms with Crippen molar-refractivity contribution < 1.29 is 24.2 Å². The topological polar surface area (TPSA) is 105 Å². The van der Waals surface area contributed by atoms with E-state index in [1.54, 1.807) is 19.1 Å². The number of benzene rings is 1. The molecule has 3 amide bonds. The van der Waals surface area contributed by atoms with Gasteiger partial charge in [0, 0.05) is 6.04 Å². The number of carbonyl (C=O) groups is 3. The first kappa shape index (κ1) is 17.6. The van der Waals surface area contributed by atoms with Crippen molar-refractivity contribution in [2.24, 2.45) is 0 Å². The molecular formula is C15H20N2O5. The Bertz CT molecular complexity index is 527. The van der Waals surface area contributed by atoms with Crippen molar-refractivity contribution in [1.82, 2.24) is 10.6 Å². The standard InChI is InChI=1S/C15H20N2O5/c1-3-10(2)16-15(21)17-13(19)9-22-14(20)12-6-4-11(8-18)5-7-12/h4-7,10,18H,3,8-9H2,1-2H3,(H2,16,17,19,21)/t10-/m0/s1. The number of hydrogen-bond acceptors (Lipinski definition) is 5. The van der Waals surface area contributed by atoms with E-state index in [2.05, 4.69) is 10.6 Å². The molecule has 3 N–H and O–H groups in total. The third-order valence-corrected chi connectivity index (χ3v) is 2.95. The first-order valence-corrected chi connectivity index (χ1v) is 6.93. The van der Waals surface area contributed by atoms with E-state index in [0.29, 0.717) is 5.56 Å². The van der Waals surface area contributed by atoms with Gasteiger partial charge in [0.1, 0.15) is 0 Å². The molecule has 0 aliphatic rings. The van der Waals surface area contributed by atoms with Crippen LogP contribution < -0.4 is 10.6 Å². The zero-order valence-corrected chi connectivity index (χ0v) is 12.6. The fourth-order valence-electron chi connectivity index (χ4n) is 1.49. The highest BCUT2D eigenvalue weighted by atomic mass is 16.5. The lowest BCUT2D eigenvalue weighted by Gasteiger charge is -2.11. The van der Waals surface area contributed by atoms with Crippen LogP contribution in [0.4, 0.5) is 4.79 Å². The monoisotopic (exact) mass is 308 g/mol. The molecule has 1 atom stereocenters. The number of rotatable bonds is 6. The number of amides is 3. The Labute approximate surface area is 128 Å². The molecule has 0 saturated heterocycles. The number of urea groups is 1. The molecular weight excluding hydrogens is 288 g/mol. The number of aliphatic hydroxyl groups excluding tert-OH is 1. The maximum Gasteiger partial charge on any atom is 0.338 e. The molecule has 0 spiro atoms. The summed E-state index contributed by atoms with van der Waals surface area (Å²) in [6.07, 6.45) is 0.737. The number of nitrogens with one attached hydrogen (secondary N) is 2. The average molecular weight is 308 g/mol. The lowest BCUT2D eigenvalue weighted by Crippen LogP contribution is -2.44. The van der Waals surface area contributed by atoms with E-state index in [1.807, 2.05) is 6.92 Å². The van der Waals surface area contributed by atoms with Gasteiger partial charge in [0.15, 0.2) is 6.61 Å². The second kappa shape index (κ2) is 8.78. The van der Waals surface area contributed by atoms with Crippen molar-refractivity contribution in [3.8, 4) is 0 Å². The van der Waals surface area contributed by atoms with Crippen LogP contribution in [0.15, 0.2) is 24.3 Å². The number of esters is 1. The van der Waals surface area contributed by atoms with E-state index in [4.69, 9.17) is 9.84 Å². The van der Waals surface area contributed by atoms with Crippen LogP contribution in [0.2, 0.25) is 0 Å². The molecule has 1 aromatic carbocycles. The van der Waals surface area contributed by atoms with Gasteiger partial charge >= 0.3 is 12.0 Å². The highest BCUT2D eigenvalue weighted by Gasteiger charge is 2.13. The van der Waals surface area contributed by atoms with Gasteiger partial charge in [-0.15, -0.1) is 0 Å². The zero-order valence-electron chi connectivity index (χ0n) is 12.6. The van der Waals surface area contributed by atoms with Crippen molar-refractivity contribution in [2.75, 3.05) is 6.61 Å². The molecule has 0 bridgehead atoms. The third kappa shape index (κ3) is 5.92. The number of carbonyl (C=O) groups excluding carboxylic acids is 3. The molecule has 0 aromatic heterocycles. The third-order valence-electron chi connectivity index (χ3n) is 2.95. The van der Waals surface area contributed by atoms with Crippen molar-refractivity contribution in [1.29, 1.82) is 0 Å². The Hall–Kier alpha value is -2.41. The summed E-state index contributed by atoms with van der Waals surface area (Å²) in [5.41, 5.74) is 0.921. The molecule has 0 fully saturated rings. The molecule has 0 saturated carbocycles. The summed E-state index contributed by atoms with van der Waals surface area (Å²) in [5, 5.41) is 13.5. The van der Waals surface area contributed by atoms with Crippen molar-refractivity contribution in [3.63, 3.8) is 0 Å². The molecule has 7 nitrogen and oxygen atoms in total. The maximum atomic E-state index is 11.7.